The zero-order valence-electron chi connectivity index (χ0n) is 17.5. The molecule has 0 radical (unpaired) electrons. The Morgan fingerprint density at radius 2 is 1.94 bits per heavy atom. The van der Waals surface area contributed by atoms with Gasteiger partial charge in [0, 0.05) is 16.5 Å². The van der Waals surface area contributed by atoms with Crippen LogP contribution in [0.2, 0.25) is 0 Å². The fourth-order valence-electron chi connectivity index (χ4n) is 4.51. The predicted molar refractivity (Wildman–Crippen MR) is 114 cm³/mol. The standard InChI is InChI=1S/C23H24N2O6/c1-4-12-13-8-11(27)6-7-16(13)24-19-17-9-15(23(3,5-2)22(30)31)14(10-26)20(28)25(17)21(29)18(12)19/h6-9,21,26-27,29H,4-5,10H2,1-3H3,(H,30,31)/t21?,23-/m1/s1. The molecule has 1 aliphatic heterocycles. The number of aliphatic carboxylic acids is 1. The first-order valence-corrected chi connectivity index (χ1v) is 10.2. The smallest absolute Gasteiger partial charge is 0.313 e. The van der Waals surface area contributed by atoms with E-state index >= 15 is 0 Å². The van der Waals surface area contributed by atoms with Gasteiger partial charge >= 0.3 is 5.97 Å². The summed E-state index contributed by atoms with van der Waals surface area (Å²) in [4.78, 5) is 30.0. The number of carboxylic acid groups (broad SMARTS) is 1. The van der Waals surface area contributed by atoms with E-state index < -0.39 is 29.8 Å². The number of phenolic OH excluding ortho intramolecular Hbond substituents is 1. The fraction of sp³-hybridized carbons (Fsp3) is 0.348. The third kappa shape index (κ3) is 2.79. The van der Waals surface area contributed by atoms with E-state index in [2.05, 4.69) is 4.98 Å². The molecule has 1 aromatic carbocycles. The molecule has 8 heteroatoms. The monoisotopic (exact) mass is 424 g/mol. The molecule has 4 rings (SSSR count). The van der Waals surface area contributed by atoms with Crippen LogP contribution in [0.3, 0.4) is 0 Å². The van der Waals surface area contributed by atoms with Crippen LogP contribution in [-0.2, 0) is 23.2 Å². The van der Waals surface area contributed by atoms with E-state index in [-0.39, 0.29) is 23.3 Å². The molecular formula is C23H24N2O6. The van der Waals surface area contributed by atoms with E-state index in [0.29, 0.717) is 34.3 Å². The Balaban J connectivity index is 2.13. The van der Waals surface area contributed by atoms with Gasteiger partial charge in [0.15, 0.2) is 6.23 Å². The molecular weight excluding hydrogens is 400 g/mol. The van der Waals surface area contributed by atoms with E-state index in [4.69, 9.17) is 0 Å². The highest BCUT2D eigenvalue weighted by molar-refractivity contribution is 5.90. The maximum absolute atomic E-state index is 13.3. The molecule has 0 fully saturated rings. The number of pyridine rings is 2. The number of aryl methyl sites for hydroxylation is 1. The second-order valence-electron chi connectivity index (χ2n) is 8.03. The number of fused-ring (bicyclic) bond motifs is 4. The molecule has 3 aromatic rings. The molecule has 0 saturated carbocycles. The number of carbonyl (C=O) groups is 1. The molecule has 4 N–H and O–H groups in total. The minimum absolute atomic E-state index is 0.0531. The molecule has 0 aliphatic carbocycles. The number of hydrogen-bond acceptors (Lipinski definition) is 6. The first-order valence-electron chi connectivity index (χ1n) is 10.2. The molecule has 1 aliphatic rings. The largest absolute Gasteiger partial charge is 0.508 e. The maximum atomic E-state index is 13.3. The summed E-state index contributed by atoms with van der Waals surface area (Å²) in [6.07, 6.45) is -0.603. The van der Waals surface area contributed by atoms with Gasteiger partial charge in [-0.3, -0.25) is 14.2 Å². The van der Waals surface area contributed by atoms with E-state index in [0.717, 1.165) is 10.1 Å². The first kappa shape index (κ1) is 21.0. The van der Waals surface area contributed by atoms with Crippen molar-refractivity contribution >= 4 is 16.9 Å². The van der Waals surface area contributed by atoms with Crippen molar-refractivity contribution in [1.82, 2.24) is 9.55 Å². The lowest BCUT2D eigenvalue weighted by Crippen LogP contribution is -2.37. The van der Waals surface area contributed by atoms with Crippen LogP contribution in [0.1, 0.15) is 55.7 Å². The van der Waals surface area contributed by atoms with Gasteiger partial charge in [0.2, 0.25) is 0 Å². The van der Waals surface area contributed by atoms with Gasteiger partial charge in [-0.2, -0.15) is 0 Å². The van der Waals surface area contributed by atoms with Crippen molar-refractivity contribution in [2.75, 3.05) is 0 Å². The Morgan fingerprint density at radius 3 is 2.52 bits per heavy atom. The quantitative estimate of drug-likeness (QED) is 0.494. The highest BCUT2D eigenvalue weighted by Gasteiger charge is 2.40. The van der Waals surface area contributed by atoms with Gasteiger partial charge in [-0.25, -0.2) is 4.98 Å². The zero-order valence-corrected chi connectivity index (χ0v) is 17.5. The zero-order chi connectivity index (χ0) is 22.7. The van der Waals surface area contributed by atoms with Crippen molar-refractivity contribution in [3.05, 3.63) is 56.9 Å². The Labute approximate surface area is 178 Å². The molecule has 2 aromatic heterocycles. The Morgan fingerprint density at radius 1 is 1.23 bits per heavy atom. The van der Waals surface area contributed by atoms with Crippen molar-refractivity contribution in [2.45, 2.75) is 51.9 Å². The number of benzene rings is 1. The molecule has 31 heavy (non-hydrogen) atoms. The number of aromatic hydroxyl groups is 1. The molecule has 0 spiro atoms. The van der Waals surface area contributed by atoms with E-state index in [9.17, 15) is 30.0 Å². The summed E-state index contributed by atoms with van der Waals surface area (Å²) in [5, 5.41) is 41.5. The lowest BCUT2D eigenvalue weighted by atomic mass is 9.78. The predicted octanol–water partition coefficient (Wildman–Crippen LogP) is 2.43. The molecule has 8 nitrogen and oxygen atoms in total. The number of nitrogens with zero attached hydrogens (tertiary/aromatic N) is 2. The van der Waals surface area contributed by atoms with E-state index in [1.165, 1.54) is 13.0 Å². The molecule has 0 bridgehead atoms. The van der Waals surface area contributed by atoms with Crippen molar-refractivity contribution < 1.29 is 25.2 Å². The first-order chi connectivity index (χ1) is 14.7. The van der Waals surface area contributed by atoms with Gasteiger partial charge in [0.05, 0.1) is 28.9 Å². The van der Waals surface area contributed by atoms with Crippen molar-refractivity contribution in [2.24, 2.45) is 0 Å². The number of aromatic nitrogens is 2. The Bertz CT molecular complexity index is 1300. The van der Waals surface area contributed by atoms with Crippen LogP contribution in [0, 0.1) is 0 Å². The van der Waals surface area contributed by atoms with Gasteiger partial charge in [-0.05, 0) is 55.2 Å². The summed E-state index contributed by atoms with van der Waals surface area (Å²) in [7, 11) is 0. The summed E-state index contributed by atoms with van der Waals surface area (Å²) < 4.78 is 1.16. The third-order valence-corrected chi connectivity index (χ3v) is 6.49. The van der Waals surface area contributed by atoms with Gasteiger partial charge in [0.1, 0.15) is 5.75 Å². The molecule has 0 saturated heterocycles. The summed E-state index contributed by atoms with van der Waals surface area (Å²) >= 11 is 0. The van der Waals surface area contributed by atoms with Gasteiger partial charge in [-0.1, -0.05) is 13.8 Å². The molecule has 162 valence electrons. The molecule has 3 heterocycles. The van der Waals surface area contributed by atoms with E-state index in [1.807, 2.05) is 6.92 Å². The summed E-state index contributed by atoms with van der Waals surface area (Å²) in [6, 6.07) is 6.30. The van der Waals surface area contributed by atoms with Crippen molar-refractivity contribution in [1.29, 1.82) is 0 Å². The average molecular weight is 424 g/mol. The topological polar surface area (TPSA) is 133 Å². The number of aliphatic hydroxyl groups is 2. The second kappa shape index (κ2) is 7.18. The van der Waals surface area contributed by atoms with E-state index in [1.54, 1.807) is 25.1 Å². The Kier molecular flexibility index (Phi) is 4.87. The second-order valence-corrected chi connectivity index (χ2v) is 8.03. The van der Waals surface area contributed by atoms with Crippen LogP contribution in [0.25, 0.3) is 22.3 Å². The van der Waals surface area contributed by atoms with Crippen molar-refractivity contribution in [3.63, 3.8) is 0 Å². The van der Waals surface area contributed by atoms with Crippen LogP contribution in [0.15, 0.2) is 29.1 Å². The fourth-order valence-corrected chi connectivity index (χ4v) is 4.51. The lowest BCUT2D eigenvalue weighted by Gasteiger charge is -2.27. The highest BCUT2D eigenvalue weighted by atomic mass is 16.4. The molecule has 1 unspecified atom stereocenters. The lowest BCUT2D eigenvalue weighted by molar-refractivity contribution is -0.143. The molecule has 0 amide bonds. The summed E-state index contributed by atoms with van der Waals surface area (Å²) in [6.45, 7) is 4.47. The maximum Gasteiger partial charge on any atom is 0.313 e. The number of rotatable bonds is 5. The number of phenols is 1. The number of hydrogen-bond donors (Lipinski definition) is 4. The summed E-state index contributed by atoms with van der Waals surface area (Å²) in [5.41, 5.74) is 0.620. The van der Waals surface area contributed by atoms with Crippen LogP contribution in [0.4, 0.5) is 0 Å². The van der Waals surface area contributed by atoms with Crippen LogP contribution < -0.4 is 5.56 Å². The minimum Gasteiger partial charge on any atom is -0.508 e. The van der Waals surface area contributed by atoms with Gasteiger partial charge < -0.3 is 20.4 Å². The summed E-state index contributed by atoms with van der Waals surface area (Å²) in [5.74, 6) is -1.04. The number of carboxylic acids is 1. The normalized spacial score (nSPS) is 16.7. The third-order valence-electron chi connectivity index (χ3n) is 6.49. The van der Waals surface area contributed by atoms with Gasteiger partial charge in [-0.15, -0.1) is 0 Å². The SMILES string of the molecule is CCc1c2c(nc3ccc(O)cc13)-c1cc([C@@](C)(CC)C(=O)O)c(CO)c(=O)n1C2O. The highest BCUT2D eigenvalue weighted by Crippen LogP contribution is 2.43. The average Bonchev–Trinajstić information content (AvgIpc) is 3.03. The van der Waals surface area contributed by atoms with Gasteiger partial charge in [0.25, 0.3) is 5.56 Å². The molecule has 2 atom stereocenters. The van der Waals surface area contributed by atoms with Crippen LogP contribution in [0.5, 0.6) is 5.75 Å². The minimum atomic E-state index is -1.39. The van der Waals surface area contributed by atoms with Crippen LogP contribution in [-0.4, -0.2) is 35.9 Å². The number of aliphatic hydroxyl groups excluding tert-OH is 2. The van der Waals surface area contributed by atoms with Crippen molar-refractivity contribution in [3.8, 4) is 17.1 Å². The van der Waals surface area contributed by atoms with Crippen LogP contribution >= 0.6 is 0 Å². The Hall–Kier alpha value is -3.23.